The Morgan fingerprint density at radius 3 is 2.89 bits per heavy atom. The molecule has 1 saturated heterocycles. The van der Waals surface area contributed by atoms with E-state index in [1.807, 2.05) is 11.8 Å². The second kappa shape index (κ2) is 3.44. The minimum Gasteiger partial charge on any atom is -0.317 e. The molecule has 0 saturated carbocycles. The van der Waals surface area contributed by atoms with Crippen molar-refractivity contribution in [1.29, 1.82) is 0 Å². The molecule has 0 aliphatic carbocycles. The summed E-state index contributed by atoms with van der Waals surface area (Å²) in [4.78, 5) is 0. The van der Waals surface area contributed by atoms with Gasteiger partial charge in [-0.15, -0.1) is 0 Å². The highest BCUT2D eigenvalue weighted by Crippen LogP contribution is 2.24. The second-order valence-electron chi connectivity index (χ2n) is 2.45. The molecule has 1 heterocycles. The number of hydrogen-bond acceptors (Lipinski definition) is 3. The molecular weight excluding hydrogens is 134 g/mol. The van der Waals surface area contributed by atoms with Gasteiger partial charge in [-0.1, -0.05) is 6.92 Å². The highest BCUT2D eigenvalue weighted by molar-refractivity contribution is 7.99. The minimum atomic E-state index is 0.323. The van der Waals surface area contributed by atoms with E-state index in [1.54, 1.807) is 0 Å². The maximum atomic E-state index is 8.60. The Hall–Kier alpha value is 0.270. The molecule has 0 spiro atoms. The van der Waals surface area contributed by atoms with E-state index < -0.39 is 0 Å². The zero-order valence-corrected chi connectivity index (χ0v) is 6.45. The van der Waals surface area contributed by atoms with Gasteiger partial charge in [-0.25, -0.2) is 5.48 Å². The average Bonchev–Trinajstić information content (AvgIpc) is 1.89. The molecule has 2 unspecified atom stereocenters. The van der Waals surface area contributed by atoms with Crippen LogP contribution < -0.4 is 5.48 Å². The summed E-state index contributed by atoms with van der Waals surface area (Å²) < 4.78 is 0. The molecule has 0 aromatic rings. The predicted molar refractivity (Wildman–Crippen MR) is 39.9 cm³/mol. The quantitative estimate of drug-likeness (QED) is 0.547. The van der Waals surface area contributed by atoms with Gasteiger partial charge in [0, 0.05) is 11.3 Å². The minimum absolute atomic E-state index is 0.323. The molecule has 3 heteroatoms. The van der Waals surface area contributed by atoms with Gasteiger partial charge in [0.25, 0.3) is 0 Å². The van der Waals surface area contributed by atoms with Crippen molar-refractivity contribution in [2.75, 3.05) is 5.75 Å². The van der Waals surface area contributed by atoms with Crippen molar-refractivity contribution in [1.82, 2.24) is 5.48 Å². The van der Waals surface area contributed by atoms with Crippen LogP contribution in [0.4, 0.5) is 0 Å². The first-order valence-electron chi connectivity index (χ1n) is 3.36. The summed E-state index contributed by atoms with van der Waals surface area (Å²) in [7, 11) is 0. The van der Waals surface area contributed by atoms with E-state index in [0.717, 1.165) is 6.42 Å². The van der Waals surface area contributed by atoms with Crippen LogP contribution in [0.3, 0.4) is 0 Å². The van der Waals surface area contributed by atoms with E-state index in [1.165, 1.54) is 12.2 Å². The van der Waals surface area contributed by atoms with Gasteiger partial charge in [-0.3, -0.25) is 0 Å². The molecule has 2 nitrogen and oxygen atoms in total. The lowest BCUT2D eigenvalue weighted by molar-refractivity contribution is 0.120. The zero-order valence-electron chi connectivity index (χ0n) is 5.63. The highest BCUT2D eigenvalue weighted by atomic mass is 32.2. The fourth-order valence-corrected chi connectivity index (χ4v) is 2.23. The Morgan fingerprint density at radius 1 is 1.67 bits per heavy atom. The molecular formula is C6H13NOS. The smallest absolute Gasteiger partial charge is 0.0436 e. The van der Waals surface area contributed by atoms with E-state index in [4.69, 9.17) is 5.21 Å². The largest absolute Gasteiger partial charge is 0.317 e. The summed E-state index contributed by atoms with van der Waals surface area (Å²) in [5, 5.41) is 9.17. The molecule has 1 fully saturated rings. The number of thioether (sulfide) groups is 1. The van der Waals surface area contributed by atoms with Gasteiger partial charge < -0.3 is 5.21 Å². The lowest BCUT2D eigenvalue weighted by atomic mass is 10.1. The van der Waals surface area contributed by atoms with Gasteiger partial charge in [-0.05, 0) is 18.6 Å². The van der Waals surface area contributed by atoms with Crippen molar-refractivity contribution in [2.24, 2.45) is 0 Å². The Labute approximate surface area is 60.0 Å². The van der Waals surface area contributed by atoms with Crippen LogP contribution in [-0.4, -0.2) is 22.3 Å². The summed E-state index contributed by atoms with van der Waals surface area (Å²) in [6.07, 6.45) is 2.35. The monoisotopic (exact) mass is 147 g/mol. The first-order valence-corrected chi connectivity index (χ1v) is 4.40. The third-order valence-electron chi connectivity index (χ3n) is 1.77. The first-order chi connectivity index (χ1) is 4.34. The number of rotatable bonds is 1. The Balaban J connectivity index is 2.30. The summed E-state index contributed by atoms with van der Waals surface area (Å²) in [5.74, 6) is 1.25. The Morgan fingerprint density at radius 2 is 2.44 bits per heavy atom. The molecule has 1 rings (SSSR count). The molecule has 0 amide bonds. The summed E-state index contributed by atoms with van der Waals surface area (Å²) in [5.41, 5.74) is 2.33. The van der Waals surface area contributed by atoms with Gasteiger partial charge >= 0.3 is 0 Å². The summed E-state index contributed by atoms with van der Waals surface area (Å²) in [6, 6.07) is 0.323. The molecule has 0 radical (unpaired) electrons. The lowest BCUT2D eigenvalue weighted by Gasteiger charge is -2.26. The van der Waals surface area contributed by atoms with Gasteiger partial charge in [0.05, 0.1) is 0 Å². The molecule has 2 atom stereocenters. The van der Waals surface area contributed by atoms with Crippen molar-refractivity contribution in [3.8, 4) is 0 Å². The topological polar surface area (TPSA) is 32.3 Å². The number of hydrogen-bond donors (Lipinski definition) is 2. The van der Waals surface area contributed by atoms with Gasteiger partial charge in [0.2, 0.25) is 0 Å². The molecule has 0 aromatic heterocycles. The van der Waals surface area contributed by atoms with E-state index in [2.05, 4.69) is 12.4 Å². The van der Waals surface area contributed by atoms with Crippen molar-refractivity contribution < 1.29 is 5.21 Å². The second-order valence-corrected chi connectivity index (χ2v) is 3.94. The van der Waals surface area contributed by atoms with Gasteiger partial charge in [-0.2, -0.15) is 11.8 Å². The van der Waals surface area contributed by atoms with Gasteiger partial charge in [0.15, 0.2) is 0 Å². The van der Waals surface area contributed by atoms with E-state index >= 15 is 0 Å². The molecule has 1 aliphatic rings. The van der Waals surface area contributed by atoms with E-state index in [9.17, 15) is 0 Å². The number of hydroxylamine groups is 1. The lowest BCUT2D eigenvalue weighted by Crippen LogP contribution is -2.37. The SMILES string of the molecule is CC1SCCCC1NO. The van der Waals surface area contributed by atoms with E-state index in [0.29, 0.717) is 11.3 Å². The van der Waals surface area contributed by atoms with Gasteiger partial charge in [0.1, 0.15) is 0 Å². The standard InChI is InChI=1S/C6H13NOS/c1-5-6(7-8)3-2-4-9-5/h5-8H,2-4H2,1H3. The van der Waals surface area contributed by atoms with E-state index in [-0.39, 0.29) is 0 Å². The molecule has 1 aliphatic heterocycles. The van der Waals surface area contributed by atoms with Crippen LogP contribution in [0.5, 0.6) is 0 Å². The average molecular weight is 147 g/mol. The fourth-order valence-electron chi connectivity index (χ4n) is 1.09. The van der Waals surface area contributed by atoms with Crippen LogP contribution in [0, 0.1) is 0 Å². The van der Waals surface area contributed by atoms with Crippen LogP contribution in [-0.2, 0) is 0 Å². The molecule has 0 aromatic carbocycles. The van der Waals surface area contributed by atoms with Crippen molar-refractivity contribution >= 4 is 11.8 Å². The zero-order chi connectivity index (χ0) is 6.69. The van der Waals surface area contributed by atoms with Crippen molar-refractivity contribution in [2.45, 2.75) is 31.1 Å². The van der Waals surface area contributed by atoms with Crippen LogP contribution in [0.1, 0.15) is 19.8 Å². The van der Waals surface area contributed by atoms with Crippen LogP contribution >= 0.6 is 11.8 Å². The third kappa shape index (κ3) is 1.85. The third-order valence-corrected chi connectivity index (χ3v) is 3.15. The molecule has 0 bridgehead atoms. The maximum absolute atomic E-state index is 8.60. The van der Waals surface area contributed by atoms with Crippen LogP contribution in [0.25, 0.3) is 0 Å². The molecule has 54 valence electrons. The Bertz CT molecular complexity index is 89.1. The maximum Gasteiger partial charge on any atom is 0.0436 e. The molecule has 2 N–H and O–H groups in total. The highest BCUT2D eigenvalue weighted by Gasteiger charge is 2.20. The predicted octanol–water partition coefficient (Wildman–Crippen LogP) is 1.25. The van der Waals surface area contributed by atoms with Crippen LogP contribution in [0.2, 0.25) is 0 Å². The Kier molecular flexibility index (Phi) is 2.82. The molecule has 9 heavy (non-hydrogen) atoms. The first kappa shape index (κ1) is 7.38. The summed E-state index contributed by atoms with van der Waals surface area (Å²) in [6.45, 7) is 2.15. The van der Waals surface area contributed by atoms with Crippen molar-refractivity contribution in [3.05, 3.63) is 0 Å². The number of nitrogens with one attached hydrogen (secondary N) is 1. The summed E-state index contributed by atoms with van der Waals surface area (Å²) >= 11 is 1.93. The van der Waals surface area contributed by atoms with Crippen LogP contribution in [0.15, 0.2) is 0 Å². The normalized spacial score (nSPS) is 36.7. The van der Waals surface area contributed by atoms with Crippen molar-refractivity contribution in [3.63, 3.8) is 0 Å². The fraction of sp³-hybridized carbons (Fsp3) is 1.00.